The molecule has 0 bridgehead atoms. The third kappa shape index (κ3) is 1.82. The monoisotopic (exact) mass is 222 g/mol. The highest BCUT2D eigenvalue weighted by Gasteiger charge is 2.26. The van der Waals surface area contributed by atoms with E-state index in [1.807, 2.05) is 11.7 Å². The van der Waals surface area contributed by atoms with E-state index in [2.05, 4.69) is 24.0 Å². The molecular formula is C12H22N4. The van der Waals surface area contributed by atoms with E-state index in [9.17, 15) is 0 Å². The summed E-state index contributed by atoms with van der Waals surface area (Å²) in [5, 5.41) is 4.51. The molecule has 0 aliphatic heterocycles. The van der Waals surface area contributed by atoms with Crippen molar-refractivity contribution in [3.63, 3.8) is 0 Å². The van der Waals surface area contributed by atoms with Gasteiger partial charge in [0.25, 0.3) is 0 Å². The first kappa shape index (κ1) is 11.5. The fraction of sp³-hybridized carbons (Fsp3) is 0.750. The van der Waals surface area contributed by atoms with E-state index in [0.717, 1.165) is 12.1 Å². The van der Waals surface area contributed by atoms with Gasteiger partial charge in [-0.05, 0) is 39.2 Å². The van der Waals surface area contributed by atoms with Crippen LogP contribution in [0.5, 0.6) is 0 Å². The van der Waals surface area contributed by atoms with Gasteiger partial charge >= 0.3 is 0 Å². The SMILES string of the molecule is Cc1nn(C)c(N(C)C2CCC2)c1CCN. The first-order valence-electron chi connectivity index (χ1n) is 6.10. The molecule has 0 aromatic carbocycles. The van der Waals surface area contributed by atoms with Crippen LogP contribution in [0.4, 0.5) is 5.82 Å². The fourth-order valence-corrected chi connectivity index (χ4v) is 2.51. The molecule has 2 N–H and O–H groups in total. The molecule has 1 aliphatic rings. The molecule has 1 aromatic rings. The van der Waals surface area contributed by atoms with E-state index < -0.39 is 0 Å². The second-order valence-corrected chi connectivity index (χ2v) is 4.75. The van der Waals surface area contributed by atoms with Crippen LogP contribution in [-0.2, 0) is 13.5 Å². The fourth-order valence-electron chi connectivity index (χ4n) is 2.51. The average Bonchev–Trinajstić information content (AvgIpc) is 2.39. The van der Waals surface area contributed by atoms with Crippen LogP contribution in [0.2, 0.25) is 0 Å². The lowest BCUT2D eigenvalue weighted by molar-refractivity contribution is 0.395. The van der Waals surface area contributed by atoms with Gasteiger partial charge in [-0.2, -0.15) is 5.10 Å². The first-order chi connectivity index (χ1) is 7.65. The van der Waals surface area contributed by atoms with Gasteiger partial charge in [-0.15, -0.1) is 0 Å². The van der Waals surface area contributed by atoms with Gasteiger partial charge in [-0.25, -0.2) is 0 Å². The van der Waals surface area contributed by atoms with Gasteiger partial charge in [0.2, 0.25) is 0 Å². The summed E-state index contributed by atoms with van der Waals surface area (Å²) in [5.41, 5.74) is 8.11. The minimum atomic E-state index is 0.692. The molecule has 90 valence electrons. The smallest absolute Gasteiger partial charge is 0.130 e. The third-order valence-electron chi connectivity index (χ3n) is 3.66. The predicted octanol–water partition coefficient (Wildman–Crippen LogP) is 1.22. The van der Waals surface area contributed by atoms with Crippen LogP contribution < -0.4 is 10.6 Å². The van der Waals surface area contributed by atoms with Gasteiger partial charge in [0.15, 0.2) is 0 Å². The number of nitrogens with zero attached hydrogens (tertiary/aromatic N) is 3. The van der Waals surface area contributed by atoms with Gasteiger partial charge in [-0.3, -0.25) is 4.68 Å². The van der Waals surface area contributed by atoms with Gasteiger partial charge in [0, 0.05) is 25.7 Å². The summed E-state index contributed by atoms with van der Waals surface area (Å²) in [5.74, 6) is 1.26. The number of hydrogen-bond acceptors (Lipinski definition) is 3. The maximum Gasteiger partial charge on any atom is 0.130 e. The van der Waals surface area contributed by atoms with Crippen molar-refractivity contribution in [3.05, 3.63) is 11.3 Å². The van der Waals surface area contributed by atoms with E-state index in [4.69, 9.17) is 5.73 Å². The number of hydrogen-bond donors (Lipinski definition) is 1. The Morgan fingerprint density at radius 2 is 2.19 bits per heavy atom. The van der Waals surface area contributed by atoms with Crippen LogP contribution in [-0.4, -0.2) is 29.4 Å². The Morgan fingerprint density at radius 1 is 1.50 bits per heavy atom. The molecule has 1 heterocycles. The minimum Gasteiger partial charge on any atom is -0.357 e. The predicted molar refractivity (Wildman–Crippen MR) is 66.7 cm³/mol. The second-order valence-electron chi connectivity index (χ2n) is 4.75. The molecule has 0 spiro atoms. The zero-order valence-electron chi connectivity index (χ0n) is 10.5. The Morgan fingerprint density at radius 3 is 2.69 bits per heavy atom. The molecule has 2 rings (SSSR count). The van der Waals surface area contributed by atoms with Crippen molar-refractivity contribution >= 4 is 5.82 Å². The van der Waals surface area contributed by atoms with E-state index >= 15 is 0 Å². The lowest BCUT2D eigenvalue weighted by atomic mass is 9.91. The van der Waals surface area contributed by atoms with E-state index in [-0.39, 0.29) is 0 Å². The summed E-state index contributed by atoms with van der Waals surface area (Å²) < 4.78 is 2.00. The summed E-state index contributed by atoms with van der Waals surface area (Å²) in [6, 6.07) is 0.700. The van der Waals surface area contributed by atoms with Crippen LogP contribution in [0, 0.1) is 6.92 Å². The lowest BCUT2D eigenvalue weighted by Gasteiger charge is -2.36. The van der Waals surface area contributed by atoms with Crippen LogP contribution in [0.25, 0.3) is 0 Å². The largest absolute Gasteiger partial charge is 0.357 e. The molecular weight excluding hydrogens is 200 g/mol. The summed E-state index contributed by atoms with van der Waals surface area (Å²) in [6.45, 7) is 2.77. The summed E-state index contributed by atoms with van der Waals surface area (Å²) in [6.07, 6.45) is 4.90. The van der Waals surface area contributed by atoms with Crippen LogP contribution in [0.1, 0.15) is 30.5 Å². The number of aryl methyl sites for hydroxylation is 2. The Hall–Kier alpha value is -1.03. The normalized spacial score (nSPS) is 16.2. The molecule has 0 atom stereocenters. The molecule has 1 aliphatic carbocycles. The highest BCUT2D eigenvalue weighted by Crippen LogP contribution is 2.31. The average molecular weight is 222 g/mol. The third-order valence-corrected chi connectivity index (χ3v) is 3.66. The molecule has 0 unspecified atom stereocenters. The van der Waals surface area contributed by atoms with Crippen molar-refractivity contribution in [3.8, 4) is 0 Å². The highest BCUT2D eigenvalue weighted by molar-refractivity contribution is 5.51. The Kier molecular flexibility index (Phi) is 3.19. The Balaban J connectivity index is 2.29. The molecule has 0 amide bonds. The van der Waals surface area contributed by atoms with E-state index in [1.54, 1.807) is 0 Å². The van der Waals surface area contributed by atoms with Crippen LogP contribution in [0.15, 0.2) is 0 Å². The Bertz CT molecular complexity index is 365. The standard InChI is InChI=1S/C12H22N4/c1-9-11(7-8-13)12(16(3)14-9)15(2)10-5-4-6-10/h10H,4-8,13H2,1-3H3. The van der Waals surface area contributed by atoms with Crippen molar-refractivity contribution < 1.29 is 0 Å². The summed E-state index contributed by atoms with van der Waals surface area (Å²) in [7, 11) is 4.21. The molecule has 0 radical (unpaired) electrons. The quantitative estimate of drug-likeness (QED) is 0.833. The van der Waals surface area contributed by atoms with Gasteiger partial charge in [-0.1, -0.05) is 0 Å². The maximum absolute atomic E-state index is 5.67. The Labute approximate surface area is 97.4 Å². The van der Waals surface area contributed by atoms with Crippen molar-refractivity contribution in [2.45, 2.75) is 38.6 Å². The molecule has 1 saturated carbocycles. The molecule has 0 saturated heterocycles. The number of aromatic nitrogens is 2. The van der Waals surface area contributed by atoms with Crippen molar-refractivity contribution in [2.24, 2.45) is 12.8 Å². The molecule has 1 aromatic heterocycles. The minimum absolute atomic E-state index is 0.692. The van der Waals surface area contributed by atoms with Gasteiger partial charge in [0.05, 0.1) is 5.69 Å². The topological polar surface area (TPSA) is 47.1 Å². The van der Waals surface area contributed by atoms with E-state index in [0.29, 0.717) is 12.6 Å². The zero-order valence-corrected chi connectivity index (χ0v) is 10.5. The zero-order chi connectivity index (χ0) is 11.7. The van der Waals surface area contributed by atoms with Gasteiger partial charge < -0.3 is 10.6 Å². The number of rotatable bonds is 4. The molecule has 16 heavy (non-hydrogen) atoms. The summed E-state index contributed by atoms with van der Waals surface area (Å²) in [4.78, 5) is 2.38. The first-order valence-corrected chi connectivity index (χ1v) is 6.10. The summed E-state index contributed by atoms with van der Waals surface area (Å²) >= 11 is 0. The molecule has 4 heteroatoms. The van der Waals surface area contributed by atoms with Crippen LogP contribution in [0.3, 0.4) is 0 Å². The molecule has 4 nitrogen and oxygen atoms in total. The van der Waals surface area contributed by atoms with Gasteiger partial charge in [0.1, 0.15) is 5.82 Å². The van der Waals surface area contributed by atoms with Crippen molar-refractivity contribution in [1.29, 1.82) is 0 Å². The lowest BCUT2D eigenvalue weighted by Crippen LogP contribution is -2.38. The highest BCUT2D eigenvalue weighted by atomic mass is 15.4. The maximum atomic E-state index is 5.67. The number of anilines is 1. The second kappa shape index (κ2) is 4.45. The van der Waals surface area contributed by atoms with Crippen molar-refractivity contribution in [2.75, 3.05) is 18.5 Å². The van der Waals surface area contributed by atoms with E-state index in [1.165, 1.54) is 30.6 Å². The van der Waals surface area contributed by atoms with Crippen molar-refractivity contribution in [1.82, 2.24) is 9.78 Å². The van der Waals surface area contributed by atoms with Crippen LogP contribution >= 0.6 is 0 Å². The molecule has 1 fully saturated rings. The number of nitrogens with two attached hydrogens (primary N) is 1.